The summed E-state index contributed by atoms with van der Waals surface area (Å²) < 4.78 is 3.00. The predicted molar refractivity (Wildman–Crippen MR) is 303 cm³/mol. The first-order chi connectivity index (χ1) is 33.0. The normalized spacial score (nSPS) is 12.0. The molecular formula is C64H56Ge2N2. The van der Waals surface area contributed by atoms with Crippen LogP contribution >= 0.6 is 0 Å². The van der Waals surface area contributed by atoms with E-state index in [2.05, 4.69) is 275 Å². The first kappa shape index (κ1) is 43.7. The van der Waals surface area contributed by atoms with E-state index in [1.54, 1.807) is 0 Å². The van der Waals surface area contributed by atoms with Gasteiger partial charge in [0.25, 0.3) is 0 Å². The fourth-order valence-electron chi connectivity index (χ4n) is 10.1. The van der Waals surface area contributed by atoms with Crippen molar-refractivity contribution in [2.24, 2.45) is 0 Å². The van der Waals surface area contributed by atoms with Crippen molar-refractivity contribution in [3.63, 3.8) is 0 Å². The van der Waals surface area contributed by atoms with Gasteiger partial charge in [0.15, 0.2) is 0 Å². The second-order valence-corrected chi connectivity index (χ2v) is 41.6. The molecule has 0 fully saturated rings. The molecule has 11 aromatic rings. The predicted octanol–water partition coefficient (Wildman–Crippen LogP) is 17.7. The molecule has 0 bridgehead atoms. The molecule has 0 radical (unpaired) electrons. The number of rotatable bonds is 10. The molecule has 0 saturated carbocycles. The molecule has 0 aliphatic carbocycles. The fourth-order valence-corrected chi connectivity index (χ4v) is 15.0. The van der Waals surface area contributed by atoms with Crippen LogP contribution in [0.1, 0.15) is 0 Å². The van der Waals surface area contributed by atoms with Gasteiger partial charge in [-0.1, -0.05) is 48.5 Å². The molecule has 0 atom stereocenters. The molecule has 0 aliphatic heterocycles. The summed E-state index contributed by atoms with van der Waals surface area (Å²) in [6, 6.07) is 86.4. The molecule has 0 N–H and O–H groups in total. The van der Waals surface area contributed by atoms with E-state index < -0.39 is 26.5 Å². The zero-order valence-electron chi connectivity index (χ0n) is 39.8. The summed E-state index contributed by atoms with van der Waals surface area (Å²) in [6.45, 7) is 0. The molecule has 0 unspecified atom stereocenters. The van der Waals surface area contributed by atoms with Crippen molar-refractivity contribution in [3.8, 4) is 22.3 Å². The Morgan fingerprint density at radius 3 is 0.941 bits per heavy atom. The van der Waals surface area contributed by atoms with Crippen molar-refractivity contribution in [1.82, 2.24) is 0 Å². The van der Waals surface area contributed by atoms with Crippen LogP contribution in [0.2, 0.25) is 34.5 Å². The Morgan fingerprint density at radius 2 is 0.574 bits per heavy atom. The Labute approximate surface area is 406 Å². The van der Waals surface area contributed by atoms with Crippen LogP contribution in [0.3, 0.4) is 0 Å². The third kappa shape index (κ3) is 8.31. The number of nitrogens with zero attached hydrogens (tertiary/aromatic N) is 2. The van der Waals surface area contributed by atoms with Crippen molar-refractivity contribution in [1.29, 1.82) is 0 Å². The van der Waals surface area contributed by atoms with E-state index in [-0.39, 0.29) is 0 Å². The minimum atomic E-state index is -2.06. The van der Waals surface area contributed by atoms with Crippen LogP contribution in [0.25, 0.3) is 65.3 Å². The van der Waals surface area contributed by atoms with Crippen molar-refractivity contribution in [2.45, 2.75) is 34.5 Å². The topological polar surface area (TPSA) is 6.48 Å². The van der Waals surface area contributed by atoms with Crippen molar-refractivity contribution >= 4 is 113 Å². The molecule has 4 heteroatoms. The van der Waals surface area contributed by atoms with Crippen LogP contribution in [-0.4, -0.2) is 26.5 Å². The van der Waals surface area contributed by atoms with Gasteiger partial charge in [0.2, 0.25) is 0 Å². The quantitative estimate of drug-likeness (QED) is 0.0995. The third-order valence-electron chi connectivity index (χ3n) is 13.7. The molecule has 2 nitrogen and oxygen atoms in total. The summed E-state index contributed by atoms with van der Waals surface area (Å²) in [5, 5.41) is 9.79. The van der Waals surface area contributed by atoms with Gasteiger partial charge in [-0.25, -0.2) is 0 Å². The Kier molecular flexibility index (Phi) is 11.4. The van der Waals surface area contributed by atoms with Crippen LogP contribution in [-0.2, 0) is 0 Å². The minimum absolute atomic E-state index is 1.12. The standard InChI is InChI=1S/C64H56Ge2N2/c1-65(2,3)51-29-33-55(34-30-51)67(53-21-9-7-10-22-53)57-37-39-59-61(43-57)63(49-27-25-45-17-13-15-19-47(45)41-49)60-40-38-58(44-62(60)64(59)50-28-26-46-18-14-16-20-48(46)42-50)68(54-23-11-8-12-24-54)56-35-31-52(32-36-56)66(4,5)6/h7-44H,1-6H3. The number of para-hydroxylation sites is 2. The molecule has 0 aromatic heterocycles. The molecule has 68 heavy (non-hydrogen) atoms. The molecule has 0 heterocycles. The van der Waals surface area contributed by atoms with Crippen LogP contribution in [0.4, 0.5) is 34.1 Å². The zero-order chi connectivity index (χ0) is 46.6. The Morgan fingerprint density at radius 1 is 0.250 bits per heavy atom. The summed E-state index contributed by atoms with van der Waals surface area (Å²) in [5.41, 5.74) is 11.7. The van der Waals surface area contributed by atoms with E-state index in [1.165, 1.54) is 74.1 Å². The van der Waals surface area contributed by atoms with Gasteiger partial charge in [-0.05, 0) is 10.8 Å². The van der Waals surface area contributed by atoms with Crippen LogP contribution in [0, 0.1) is 0 Å². The SMILES string of the molecule is [CH3][Ge]([CH3])([CH3])[c]1ccc(N(c2ccccc2)c2ccc3c(-c4ccc5ccccc5c4)c4cc(N(c5ccccc5)c5cc[c]([Ge]([CH3])([CH3])[CH3])cc5)ccc4c(-c4ccc5ccccc5c4)c3c2)cc1. The van der Waals surface area contributed by atoms with Gasteiger partial charge in [-0.3, -0.25) is 0 Å². The maximum atomic E-state index is 2.47. The van der Waals surface area contributed by atoms with Crippen molar-refractivity contribution in [2.75, 3.05) is 9.80 Å². The van der Waals surface area contributed by atoms with Gasteiger partial charge in [-0.15, -0.1) is 0 Å². The summed E-state index contributed by atoms with van der Waals surface area (Å²) in [6.07, 6.45) is 0. The summed E-state index contributed by atoms with van der Waals surface area (Å²) in [5.74, 6) is 14.8. The molecule has 0 saturated heterocycles. The van der Waals surface area contributed by atoms with E-state index in [0.717, 1.165) is 34.1 Å². The number of hydrogen-bond donors (Lipinski definition) is 0. The van der Waals surface area contributed by atoms with Crippen LogP contribution < -0.4 is 18.6 Å². The number of hydrogen-bond acceptors (Lipinski definition) is 2. The molecule has 0 spiro atoms. The molecule has 11 rings (SSSR count). The fraction of sp³-hybridized carbons (Fsp3) is 0.0938. The van der Waals surface area contributed by atoms with E-state index in [1.807, 2.05) is 0 Å². The first-order valence-electron chi connectivity index (χ1n) is 23.9. The molecule has 0 amide bonds. The second-order valence-electron chi connectivity index (χ2n) is 20.3. The van der Waals surface area contributed by atoms with Gasteiger partial charge < -0.3 is 0 Å². The molecule has 11 aromatic carbocycles. The van der Waals surface area contributed by atoms with Gasteiger partial charge >= 0.3 is 350 Å². The second kappa shape index (κ2) is 17.7. The molecule has 0 aliphatic rings. The number of benzene rings is 11. The average molecular weight is 998 g/mol. The number of anilines is 6. The average Bonchev–Trinajstić information content (AvgIpc) is 3.36. The monoisotopic (exact) mass is 1000 g/mol. The van der Waals surface area contributed by atoms with Crippen LogP contribution in [0.15, 0.2) is 231 Å². The van der Waals surface area contributed by atoms with Crippen LogP contribution in [0.5, 0.6) is 0 Å². The summed E-state index contributed by atoms with van der Waals surface area (Å²) in [4.78, 5) is 4.86. The van der Waals surface area contributed by atoms with E-state index >= 15 is 0 Å². The molecular weight excluding hydrogens is 942 g/mol. The van der Waals surface area contributed by atoms with Crippen molar-refractivity contribution in [3.05, 3.63) is 231 Å². The molecule has 330 valence electrons. The van der Waals surface area contributed by atoms with Gasteiger partial charge in [-0.2, -0.15) is 0 Å². The van der Waals surface area contributed by atoms with E-state index in [9.17, 15) is 0 Å². The Balaban J connectivity index is 1.23. The number of fused-ring (bicyclic) bond motifs is 4. The Hall–Kier alpha value is -6.85. The summed E-state index contributed by atoms with van der Waals surface area (Å²) in [7, 11) is 0. The van der Waals surface area contributed by atoms with E-state index in [0.29, 0.717) is 0 Å². The van der Waals surface area contributed by atoms with Gasteiger partial charge in [0, 0.05) is 0 Å². The van der Waals surface area contributed by atoms with Gasteiger partial charge in [0.1, 0.15) is 0 Å². The zero-order valence-corrected chi connectivity index (χ0v) is 44.0. The van der Waals surface area contributed by atoms with Crippen molar-refractivity contribution < 1.29 is 0 Å². The van der Waals surface area contributed by atoms with Gasteiger partial charge in [0.05, 0.1) is 0 Å². The first-order valence-corrected chi connectivity index (χ1v) is 38.6. The third-order valence-corrected chi connectivity index (χ3v) is 22.4. The Bertz CT molecular complexity index is 3380. The van der Waals surface area contributed by atoms with E-state index in [4.69, 9.17) is 0 Å². The summed E-state index contributed by atoms with van der Waals surface area (Å²) >= 11 is -4.11. The maximum absolute atomic E-state index is 2.47.